The Bertz CT molecular complexity index is 592. The van der Waals surface area contributed by atoms with Crippen LogP contribution >= 0.6 is 27.3 Å². The molecule has 0 bridgehead atoms. The standard InChI is InChI=1S/C13H10BrNO3S/c14-10-3-1-9(2-4-10)12-6-5-11(19-12)7-15-18-8-13(16)17/h1-7H,8H2,(H,16,17). The lowest BCUT2D eigenvalue weighted by atomic mass is 10.2. The Hall–Kier alpha value is -1.66. The summed E-state index contributed by atoms with van der Waals surface area (Å²) in [4.78, 5) is 16.9. The van der Waals surface area contributed by atoms with Gasteiger partial charge in [-0.2, -0.15) is 0 Å². The normalized spacial score (nSPS) is 10.8. The predicted molar refractivity (Wildman–Crippen MR) is 78.6 cm³/mol. The SMILES string of the molecule is O=C(O)CON=Cc1ccc(-c2ccc(Br)cc2)s1. The average molecular weight is 340 g/mol. The largest absolute Gasteiger partial charge is 0.479 e. The third-order valence-corrected chi connectivity index (χ3v) is 3.80. The first kappa shape index (κ1) is 13.8. The number of carbonyl (C=O) groups is 1. The molecule has 0 aliphatic heterocycles. The van der Waals surface area contributed by atoms with Gasteiger partial charge in [0.1, 0.15) is 0 Å². The summed E-state index contributed by atoms with van der Waals surface area (Å²) in [6, 6.07) is 11.9. The molecule has 19 heavy (non-hydrogen) atoms. The van der Waals surface area contributed by atoms with Crippen molar-refractivity contribution in [2.45, 2.75) is 0 Å². The van der Waals surface area contributed by atoms with Crippen molar-refractivity contribution in [3.05, 3.63) is 45.7 Å². The van der Waals surface area contributed by atoms with Crippen LogP contribution in [0.25, 0.3) is 10.4 Å². The van der Waals surface area contributed by atoms with Crippen molar-refractivity contribution in [3.63, 3.8) is 0 Å². The van der Waals surface area contributed by atoms with Crippen molar-refractivity contribution in [1.29, 1.82) is 0 Å². The average Bonchev–Trinajstić information content (AvgIpc) is 2.84. The smallest absolute Gasteiger partial charge is 0.344 e. The fourth-order valence-electron chi connectivity index (χ4n) is 1.37. The number of benzene rings is 1. The van der Waals surface area contributed by atoms with Crippen molar-refractivity contribution < 1.29 is 14.7 Å². The quantitative estimate of drug-likeness (QED) is 0.668. The second kappa shape index (κ2) is 6.49. The zero-order valence-electron chi connectivity index (χ0n) is 9.75. The molecule has 0 fully saturated rings. The fraction of sp³-hybridized carbons (Fsp3) is 0.0769. The third-order valence-electron chi connectivity index (χ3n) is 2.20. The van der Waals surface area contributed by atoms with E-state index < -0.39 is 12.6 Å². The van der Waals surface area contributed by atoms with Crippen LogP contribution in [-0.2, 0) is 9.63 Å². The van der Waals surface area contributed by atoms with Gasteiger partial charge in [-0.15, -0.1) is 11.3 Å². The molecule has 0 aliphatic rings. The summed E-state index contributed by atoms with van der Waals surface area (Å²) in [7, 11) is 0. The van der Waals surface area contributed by atoms with Crippen molar-refractivity contribution >= 4 is 39.5 Å². The van der Waals surface area contributed by atoms with Gasteiger partial charge in [0.2, 0.25) is 6.61 Å². The number of rotatable bonds is 5. The van der Waals surface area contributed by atoms with Crippen LogP contribution in [0.15, 0.2) is 46.0 Å². The molecule has 0 amide bonds. The summed E-state index contributed by atoms with van der Waals surface area (Å²) in [6.45, 7) is -0.429. The summed E-state index contributed by atoms with van der Waals surface area (Å²) in [5.74, 6) is -1.04. The van der Waals surface area contributed by atoms with Crippen LogP contribution < -0.4 is 0 Å². The molecule has 0 aliphatic carbocycles. The Kier molecular flexibility index (Phi) is 4.70. The van der Waals surface area contributed by atoms with Crippen molar-refractivity contribution in [3.8, 4) is 10.4 Å². The van der Waals surface area contributed by atoms with E-state index in [-0.39, 0.29) is 0 Å². The highest BCUT2D eigenvalue weighted by atomic mass is 79.9. The molecule has 0 spiro atoms. The number of carboxylic acid groups (broad SMARTS) is 1. The van der Waals surface area contributed by atoms with E-state index >= 15 is 0 Å². The Morgan fingerprint density at radius 2 is 2.05 bits per heavy atom. The van der Waals surface area contributed by atoms with Gasteiger partial charge in [-0.25, -0.2) is 4.79 Å². The van der Waals surface area contributed by atoms with Gasteiger partial charge < -0.3 is 9.94 Å². The lowest BCUT2D eigenvalue weighted by Crippen LogP contribution is -2.03. The highest BCUT2D eigenvalue weighted by molar-refractivity contribution is 9.10. The molecule has 2 rings (SSSR count). The van der Waals surface area contributed by atoms with Crippen LogP contribution in [-0.4, -0.2) is 23.9 Å². The lowest BCUT2D eigenvalue weighted by molar-refractivity contribution is -0.142. The van der Waals surface area contributed by atoms with Crippen LogP contribution in [0.4, 0.5) is 0 Å². The zero-order chi connectivity index (χ0) is 13.7. The van der Waals surface area contributed by atoms with E-state index in [2.05, 4.69) is 25.9 Å². The molecule has 4 nitrogen and oxygen atoms in total. The van der Waals surface area contributed by atoms with Crippen molar-refractivity contribution in [2.75, 3.05) is 6.61 Å². The second-order valence-corrected chi connectivity index (χ2v) is 5.64. The van der Waals surface area contributed by atoms with E-state index in [0.29, 0.717) is 0 Å². The maximum atomic E-state index is 10.2. The van der Waals surface area contributed by atoms with Gasteiger partial charge in [0.25, 0.3) is 0 Å². The molecule has 1 N–H and O–H groups in total. The number of halogens is 1. The van der Waals surface area contributed by atoms with E-state index in [4.69, 9.17) is 5.11 Å². The Morgan fingerprint density at radius 3 is 2.74 bits per heavy atom. The number of aliphatic carboxylic acids is 1. The first-order valence-corrected chi connectivity index (χ1v) is 6.99. The summed E-state index contributed by atoms with van der Waals surface area (Å²) in [6.07, 6.45) is 1.51. The number of thiophene rings is 1. The van der Waals surface area contributed by atoms with Gasteiger partial charge in [-0.3, -0.25) is 0 Å². The van der Waals surface area contributed by atoms with Crippen LogP contribution in [0.2, 0.25) is 0 Å². The summed E-state index contributed by atoms with van der Waals surface area (Å²) in [5.41, 5.74) is 1.12. The van der Waals surface area contributed by atoms with Crippen molar-refractivity contribution in [2.24, 2.45) is 5.16 Å². The van der Waals surface area contributed by atoms with Crippen molar-refractivity contribution in [1.82, 2.24) is 0 Å². The molecule has 1 heterocycles. The van der Waals surface area contributed by atoms with Gasteiger partial charge >= 0.3 is 5.97 Å². The lowest BCUT2D eigenvalue weighted by Gasteiger charge is -1.96. The van der Waals surface area contributed by atoms with E-state index in [0.717, 1.165) is 19.8 Å². The molecule has 0 atom stereocenters. The first-order valence-electron chi connectivity index (χ1n) is 5.38. The molecule has 6 heteroatoms. The second-order valence-electron chi connectivity index (χ2n) is 3.61. The molecular formula is C13H10BrNO3S. The van der Waals surface area contributed by atoms with E-state index in [1.165, 1.54) is 6.21 Å². The monoisotopic (exact) mass is 339 g/mol. The van der Waals surface area contributed by atoms with Gasteiger partial charge in [0.05, 0.1) is 6.21 Å². The number of hydrogen-bond donors (Lipinski definition) is 1. The molecule has 1 aromatic carbocycles. The van der Waals surface area contributed by atoms with Crippen LogP contribution in [0.3, 0.4) is 0 Å². The first-order chi connectivity index (χ1) is 9.15. The topological polar surface area (TPSA) is 58.9 Å². The number of nitrogens with zero attached hydrogens (tertiary/aromatic N) is 1. The van der Waals surface area contributed by atoms with Crippen LogP contribution in [0.5, 0.6) is 0 Å². The van der Waals surface area contributed by atoms with E-state index in [9.17, 15) is 4.79 Å². The molecule has 0 saturated carbocycles. The molecule has 1 aromatic heterocycles. The molecule has 2 aromatic rings. The molecule has 0 saturated heterocycles. The zero-order valence-corrected chi connectivity index (χ0v) is 12.1. The maximum Gasteiger partial charge on any atom is 0.344 e. The predicted octanol–water partition coefficient (Wildman–Crippen LogP) is 3.61. The Labute approximate surface area is 122 Å². The molecular weight excluding hydrogens is 330 g/mol. The summed E-state index contributed by atoms with van der Waals surface area (Å²) >= 11 is 4.95. The minimum atomic E-state index is -1.04. The van der Waals surface area contributed by atoms with Crippen LogP contribution in [0, 0.1) is 0 Å². The van der Waals surface area contributed by atoms with Gasteiger partial charge in [0, 0.05) is 14.2 Å². The number of carboxylic acids is 1. The molecule has 0 radical (unpaired) electrons. The fourth-order valence-corrected chi connectivity index (χ4v) is 2.51. The summed E-state index contributed by atoms with van der Waals surface area (Å²) in [5, 5.41) is 12.0. The van der Waals surface area contributed by atoms with Crippen LogP contribution in [0.1, 0.15) is 4.88 Å². The number of hydrogen-bond acceptors (Lipinski definition) is 4. The summed E-state index contributed by atoms with van der Waals surface area (Å²) < 4.78 is 1.04. The maximum absolute atomic E-state index is 10.2. The Balaban J connectivity index is 2.02. The highest BCUT2D eigenvalue weighted by Crippen LogP contribution is 2.28. The van der Waals surface area contributed by atoms with Gasteiger partial charge in [-0.1, -0.05) is 33.2 Å². The van der Waals surface area contributed by atoms with E-state index in [1.54, 1.807) is 11.3 Å². The minimum absolute atomic E-state index is 0.429. The van der Waals surface area contributed by atoms with Gasteiger partial charge in [0.15, 0.2) is 0 Å². The minimum Gasteiger partial charge on any atom is -0.479 e. The van der Waals surface area contributed by atoms with Gasteiger partial charge in [-0.05, 0) is 29.8 Å². The molecule has 0 unspecified atom stereocenters. The number of oxime groups is 1. The third kappa shape index (κ3) is 4.18. The van der Waals surface area contributed by atoms with E-state index in [1.807, 2.05) is 36.4 Å². The Morgan fingerprint density at radius 1 is 1.32 bits per heavy atom. The highest BCUT2D eigenvalue weighted by Gasteiger charge is 2.01. The molecule has 98 valence electrons.